The van der Waals surface area contributed by atoms with Gasteiger partial charge in [-0.2, -0.15) is 0 Å². The quantitative estimate of drug-likeness (QED) is 0.518. The fraction of sp³-hybridized carbons (Fsp3) is 0.100. The van der Waals surface area contributed by atoms with Gasteiger partial charge in [0.25, 0.3) is 0 Å². The first-order valence-corrected chi connectivity index (χ1v) is 8.06. The van der Waals surface area contributed by atoms with Gasteiger partial charge in [-0.1, -0.05) is 12.1 Å². The van der Waals surface area contributed by atoms with Crippen molar-refractivity contribution in [3.05, 3.63) is 72.6 Å². The average molecular weight is 332 g/mol. The van der Waals surface area contributed by atoms with Crippen LogP contribution >= 0.6 is 0 Å². The van der Waals surface area contributed by atoms with E-state index in [1.165, 1.54) is 0 Å². The summed E-state index contributed by atoms with van der Waals surface area (Å²) in [5.74, 6) is 0.859. The molecule has 0 aliphatic carbocycles. The Labute approximate surface area is 144 Å². The molecule has 0 N–H and O–H groups in total. The first kappa shape index (κ1) is 15.2. The normalized spacial score (nSPS) is 10.9. The largest absolute Gasteiger partial charge is 0.462 e. The van der Waals surface area contributed by atoms with Crippen molar-refractivity contribution in [3.8, 4) is 11.6 Å². The molecule has 1 aromatic carbocycles. The maximum atomic E-state index is 12.4. The lowest BCUT2D eigenvalue weighted by molar-refractivity contribution is 0.0531. The molecule has 0 saturated carbocycles. The molecule has 25 heavy (non-hydrogen) atoms. The van der Waals surface area contributed by atoms with E-state index in [2.05, 4.69) is 4.98 Å². The fourth-order valence-corrected chi connectivity index (χ4v) is 2.93. The maximum Gasteiger partial charge on any atom is 0.340 e. The van der Waals surface area contributed by atoms with Crippen LogP contribution in [0.5, 0.6) is 11.6 Å². The summed E-state index contributed by atoms with van der Waals surface area (Å²) in [5, 5.41) is 0.832. The lowest BCUT2D eigenvalue weighted by Crippen LogP contribution is -2.04. The number of carbonyl (C=O) groups excluding carboxylic acids is 1. The van der Waals surface area contributed by atoms with Gasteiger partial charge in [0, 0.05) is 29.9 Å². The number of carbonyl (C=O) groups is 1. The third-order valence-electron chi connectivity index (χ3n) is 3.95. The summed E-state index contributed by atoms with van der Waals surface area (Å²) in [6.45, 7) is 2.14. The predicted octanol–water partition coefficient (Wildman–Crippen LogP) is 4.46. The van der Waals surface area contributed by atoms with E-state index in [4.69, 9.17) is 9.47 Å². The number of ether oxygens (including phenoxy) is 2. The fourth-order valence-electron chi connectivity index (χ4n) is 2.93. The molecular weight excluding hydrogens is 316 g/mol. The summed E-state index contributed by atoms with van der Waals surface area (Å²) < 4.78 is 13.0. The highest BCUT2D eigenvalue weighted by Gasteiger charge is 2.19. The van der Waals surface area contributed by atoms with Crippen molar-refractivity contribution >= 4 is 22.4 Å². The van der Waals surface area contributed by atoms with Gasteiger partial charge in [0.1, 0.15) is 5.75 Å². The van der Waals surface area contributed by atoms with Crippen molar-refractivity contribution in [2.24, 2.45) is 0 Å². The highest BCUT2D eigenvalue weighted by Crippen LogP contribution is 2.31. The molecule has 0 atom stereocenters. The molecule has 5 nitrogen and oxygen atoms in total. The van der Waals surface area contributed by atoms with E-state index in [9.17, 15) is 4.79 Å². The van der Waals surface area contributed by atoms with Crippen LogP contribution in [0, 0.1) is 0 Å². The van der Waals surface area contributed by atoms with Gasteiger partial charge in [0.05, 0.1) is 23.2 Å². The first-order valence-electron chi connectivity index (χ1n) is 8.06. The molecule has 4 aromatic rings. The summed E-state index contributed by atoms with van der Waals surface area (Å²) >= 11 is 0. The minimum absolute atomic E-state index is 0.320. The maximum absolute atomic E-state index is 12.4. The van der Waals surface area contributed by atoms with E-state index < -0.39 is 0 Å². The number of benzene rings is 1. The molecule has 3 aromatic heterocycles. The third kappa shape index (κ3) is 2.70. The first-order chi connectivity index (χ1) is 12.3. The zero-order chi connectivity index (χ0) is 17.2. The van der Waals surface area contributed by atoms with E-state index in [1.54, 1.807) is 19.2 Å². The Hall–Kier alpha value is -3.34. The van der Waals surface area contributed by atoms with Crippen molar-refractivity contribution in [1.29, 1.82) is 0 Å². The lowest BCUT2D eigenvalue weighted by Gasteiger charge is -2.05. The summed E-state index contributed by atoms with van der Waals surface area (Å²) in [6.07, 6.45) is 3.60. The molecule has 0 aliphatic rings. The SMILES string of the molecule is CCOC(=O)c1c2ccc(Oc3ccccn3)cc2n2ccccc12. The number of hydrogen-bond donors (Lipinski definition) is 0. The number of aromatic nitrogens is 2. The van der Waals surface area contributed by atoms with E-state index >= 15 is 0 Å². The molecular formula is C20H16N2O3. The highest BCUT2D eigenvalue weighted by molar-refractivity contribution is 6.11. The summed E-state index contributed by atoms with van der Waals surface area (Å²) in [5.41, 5.74) is 2.26. The van der Waals surface area contributed by atoms with E-state index in [0.29, 0.717) is 23.8 Å². The molecule has 0 spiro atoms. The Kier molecular flexibility index (Phi) is 3.82. The molecule has 0 unspecified atom stereocenters. The van der Waals surface area contributed by atoms with Crippen molar-refractivity contribution < 1.29 is 14.3 Å². The van der Waals surface area contributed by atoms with Gasteiger partial charge in [-0.05, 0) is 37.3 Å². The zero-order valence-corrected chi connectivity index (χ0v) is 13.7. The Balaban J connectivity index is 1.88. The summed E-state index contributed by atoms with van der Waals surface area (Å²) in [4.78, 5) is 16.6. The van der Waals surface area contributed by atoms with Crippen LogP contribution in [-0.2, 0) is 4.74 Å². The van der Waals surface area contributed by atoms with Crippen LogP contribution in [0.3, 0.4) is 0 Å². The van der Waals surface area contributed by atoms with Crippen molar-refractivity contribution in [2.45, 2.75) is 6.92 Å². The second-order valence-electron chi connectivity index (χ2n) is 5.50. The lowest BCUT2D eigenvalue weighted by atomic mass is 10.1. The number of hydrogen-bond acceptors (Lipinski definition) is 4. The van der Waals surface area contributed by atoms with Crippen LogP contribution in [0.2, 0.25) is 0 Å². The smallest absolute Gasteiger partial charge is 0.340 e. The number of fused-ring (bicyclic) bond motifs is 3. The molecule has 0 bridgehead atoms. The predicted molar refractivity (Wildman–Crippen MR) is 95.2 cm³/mol. The van der Waals surface area contributed by atoms with E-state index in [1.807, 2.05) is 59.1 Å². The van der Waals surface area contributed by atoms with E-state index in [-0.39, 0.29) is 5.97 Å². The van der Waals surface area contributed by atoms with Gasteiger partial charge >= 0.3 is 5.97 Å². The van der Waals surface area contributed by atoms with Gasteiger partial charge in [-0.25, -0.2) is 9.78 Å². The van der Waals surface area contributed by atoms with Crippen LogP contribution < -0.4 is 4.74 Å². The Morgan fingerprint density at radius 3 is 2.76 bits per heavy atom. The van der Waals surface area contributed by atoms with Gasteiger partial charge in [0.2, 0.25) is 5.88 Å². The zero-order valence-electron chi connectivity index (χ0n) is 13.7. The monoisotopic (exact) mass is 332 g/mol. The number of nitrogens with zero attached hydrogens (tertiary/aromatic N) is 2. The molecule has 0 aliphatic heterocycles. The Morgan fingerprint density at radius 1 is 1.08 bits per heavy atom. The number of rotatable bonds is 4. The highest BCUT2D eigenvalue weighted by atomic mass is 16.5. The molecule has 0 amide bonds. The van der Waals surface area contributed by atoms with Crippen LogP contribution in [0.15, 0.2) is 67.0 Å². The third-order valence-corrected chi connectivity index (χ3v) is 3.95. The topological polar surface area (TPSA) is 52.8 Å². The molecule has 0 saturated heterocycles. The van der Waals surface area contributed by atoms with Crippen LogP contribution in [-0.4, -0.2) is 22.0 Å². The van der Waals surface area contributed by atoms with Crippen molar-refractivity contribution in [3.63, 3.8) is 0 Å². The van der Waals surface area contributed by atoms with Crippen LogP contribution in [0.1, 0.15) is 17.3 Å². The molecule has 3 heterocycles. The van der Waals surface area contributed by atoms with Gasteiger partial charge in [-0.15, -0.1) is 0 Å². The Morgan fingerprint density at radius 2 is 1.96 bits per heavy atom. The van der Waals surface area contributed by atoms with Gasteiger partial charge in [-0.3, -0.25) is 0 Å². The number of pyridine rings is 2. The van der Waals surface area contributed by atoms with Crippen molar-refractivity contribution in [2.75, 3.05) is 6.61 Å². The van der Waals surface area contributed by atoms with Crippen molar-refractivity contribution in [1.82, 2.24) is 9.38 Å². The minimum Gasteiger partial charge on any atom is -0.462 e. The van der Waals surface area contributed by atoms with E-state index in [0.717, 1.165) is 16.4 Å². The summed E-state index contributed by atoms with van der Waals surface area (Å²) in [6, 6.07) is 16.9. The second-order valence-corrected chi connectivity index (χ2v) is 5.50. The van der Waals surface area contributed by atoms with Crippen LogP contribution in [0.25, 0.3) is 16.4 Å². The average Bonchev–Trinajstić information content (AvgIpc) is 2.97. The second kappa shape index (κ2) is 6.28. The minimum atomic E-state index is -0.320. The molecule has 0 fully saturated rings. The molecule has 0 radical (unpaired) electrons. The molecule has 4 rings (SSSR count). The Bertz CT molecular complexity index is 1050. The molecule has 124 valence electrons. The summed E-state index contributed by atoms with van der Waals surface area (Å²) in [7, 11) is 0. The standard InChI is InChI=1S/C20H16N2O3/c1-2-24-20(23)19-15-10-9-14(25-18-8-3-5-11-21-18)13-17(15)22-12-6-4-7-16(19)22/h3-13H,2H2,1H3. The van der Waals surface area contributed by atoms with Gasteiger partial charge < -0.3 is 13.9 Å². The van der Waals surface area contributed by atoms with Crippen LogP contribution in [0.4, 0.5) is 0 Å². The number of esters is 1. The molecule has 5 heteroatoms. The van der Waals surface area contributed by atoms with Gasteiger partial charge in [0.15, 0.2) is 0 Å².